The van der Waals surface area contributed by atoms with Gasteiger partial charge in [0.05, 0.1) is 11.3 Å². The Hall–Kier alpha value is -2.49. The van der Waals surface area contributed by atoms with Crippen LogP contribution in [0.15, 0.2) is 42.5 Å². The van der Waals surface area contributed by atoms with Gasteiger partial charge in [-0.05, 0) is 44.2 Å². The molecule has 2 aromatic carbocycles. The number of hydrogen-bond acceptors (Lipinski definition) is 3. The third-order valence-electron chi connectivity index (χ3n) is 3.45. The minimum absolute atomic E-state index is 0.115. The van der Waals surface area contributed by atoms with Gasteiger partial charge in [0.25, 0.3) is 5.91 Å². The lowest BCUT2D eigenvalue weighted by molar-refractivity contribution is 0.0963. The number of nitrogens with two attached hydrogens (primary N) is 1. The fraction of sp³-hybridized carbons (Fsp3) is 0.235. The molecule has 0 unspecified atom stereocenters. The molecule has 0 heterocycles. The molecular formula is C17H21N3O. The molecular weight excluding hydrogens is 262 g/mol. The quantitative estimate of drug-likeness (QED) is 0.848. The Morgan fingerprint density at radius 1 is 1.19 bits per heavy atom. The number of carbonyl (C=O) groups is 1. The summed E-state index contributed by atoms with van der Waals surface area (Å²) in [5, 5.41) is 2.67. The number of nitrogens with one attached hydrogen (secondary N) is 1. The minimum Gasteiger partial charge on any atom is -0.399 e. The molecule has 0 aliphatic heterocycles. The molecule has 0 saturated carbocycles. The van der Waals surface area contributed by atoms with Crippen molar-refractivity contribution in [3.05, 3.63) is 53.6 Å². The third kappa shape index (κ3) is 3.16. The van der Waals surface area contributed by atoms with Crippen molar-refractivity contribution in [2.75, 3.05) is 24.2 Å². The molecule has 0 aliphatic rings. The summed E-state index contributed by atoms with van der Waals surface area (Å²) in [5.41, 5.74) is 10.2. The molecule has 4 heteroatoms. The summed E-state index contributed by atoms with van der Waals surface area (Å²) >= 11 is 0. The van der Waals surface area contributed by atoms with Crippen LogP contribution in [0.2, 0.25) is 0 Å². The zero-order valence-electron chi connectivity index (χ0n) is 12.7. The SMILES string of the molecule is CCN(c1ccc(C)cc1)c1cc(N)ccc1C(=O)NC. The van der Waals surface area contributed by atoms with E-state index in [1.165, 1.54) is 5.56 Å². The van der Waals surface area contributed by atoms with Gasteiger partial charge in [0.15, 0.2) is 0 Å². The van der Waals surface area contributed by atoms with Crippen LogP contribution >= 0.6 is 0 Å². The van der Waals surface area contributed by atoms with E-state index in [4.69, 9.17) is 5.73 Å². The van der Waals surface area contributed by atoms with Crippen LogP contribution in [0.1, 0.15) is 22.8 Å². The van der Waals surface area contributed by atoms with Crippen LogP contribution < -0.4 is 16.0 Å². The molecule has 2 rings (SSSR count). The molecule has 110 valence electrons. The van der Waals surface area contributed by atoms with E-state index >= 15 is 0 Å². The molecule has 0 atom stereocenters. The predicted molar refractivity (Wildman–Crippen MR) is 88.1 cm³/mol. The molecule has 0 radical (unpaired) electrons. The number of amides is 1. The van der Waals surface area contributed by atoms with E-state index in [-0.39, 0.29) is 5.91 Å². The normalized spacial score (nSPS) is 10.2. The molecule has 0 bridgehead atoms. The largest absolute Gasteiger partial charge is 0.399 e. The molecule has 3 N–H and O–H groups in total. The zero-order valence-corrected chi connectivity index (χ0v) is 12.7. The van der Waals surface area contributed by atoms with Crippen molar-refractivity contribution in [1.82, 2.24) is 5.32 Å². The maximum atomic E-state index is 12.1. The molecule has 0 fully saturated rings. The summed E-state index contributed by atoms with van der Waals surface area (Å²) in [6.45, 7) is 4.85. The number of anilines is 3. The van der Waals surface area contributed by atoms with Gasteiger partial charge in [-0.1, -0.05) is 17.7 Å². The van der Waals surface area contributed by atoms with E-state index in [2.05, 4.69) is 48.3 Å². The first-order valence-electron chi connectivity index (χ1n) is 7.02. The minimum atomic E-state index is -0.115. The van der Waals surface area contributed by atoms with E-state index < -0.39 is 0 Å². The van der Waals surface area contributed by atoms with Crippen LogP contribution in [0.3, 0.4) is 0 Å². The van der Waals surface area contributed by atoms with Crippen LogP contribution in [0.25, 0.3) is 0 Å². The van der Waals surface area contributed by atoms with Crippen molar-refractivity contribution in [2.24, 2.45) is 0 Å². The maximum absolute atomic E-state index is 12.1. The third-order valence-corrected chi connectivity index (χ3v) is 3.45. The summed E-state index contributed by atoms with van der Waals surface area (Å²) in [6.07, 6.45) is 0. The number of nitrogen functional groups attached to an aromatic ring is 1. The Labute approximate surface area is 125 Å². The number of aryl methyl sites for hydroxylation is 1. The van der Waals surface area contributed by atoms with Gasteiger partial charge in [-0.3, -0.25) is 4.79 Å². The molecule has 2 aromatic rings. The number of benzene rings is 2. The molecule has 21 heavy (non-hydrogen) atoms. The summed E-state index contributed by atoms with van der Waals surface area (Å²) in [5.74, 6) is -0.115. The lowest BCUT2D eigenvalue weighted by Gasteiger charge is -2.26. The molecule has 4 nitrogen and oxygen atoms in total. The highest BCUT2D eigenvalue weighted by atomic mass is 16.1. The molecule has 0 aromatic heterocycles. The topological polar surface area (TPSA) is 58.4 Å². The second-order valence-corrected chi connectivity index (χ2v) is 4.94. The number of carbonyl (C=O) groups excluding carboxylic acids is 1. The van der Waals surface area contributed by atoms with Gasteiger partial charge in [-0.2, -0.15) is 0 Å². The highest BCUT2D eigenvalue weighted by molar-refractivity contribution is 6.01. The Bertz CT molecular complexity index is 635. The van der Waals surface area contributed by atoms with Gasteiger partial charge < -0.3 is 16.0 Å². The van der Waals surface area contributed by atoms with Crippen LogP contribution in [0.5, 0.6) is 0 Å². The highest BCUT2D eigenvalue weighted by Gasteiger charge is 2.16. The first-order valence-corrected chi connectivity index (χ1v) is 7.02. The van der Waals surface area contributed by atoms with Gasteiger partial charge in [0, 0.05) is 25.0 Å². The summed E-state index contributed by atoms with van der Waals surface area (Å²) in [6, 6.07) is 13.6. The standard InChI is InChI=1S/C17H21N3O/c1-4-20(14-8-5-12(2)6-9-14)16-11-13(18)7-10-15(16)17(21)19-3/h5-11H,4,18H2,1-3H3,(H,19,21). The van der Waals surface area contributed by atoms with Gasteiger partial charge in [-0.15, -0.1) is 0 Å². The van der Waals surface area contributed by atoms with Crippen molar-refractivity contribution < 1.29 is 4.79 Å². The van der Waals surface area contributed by atoms with Crippen LogP contribution in [-0.2, 0) is 0 Å². The summed E-state index contributed by atoms with van der Waals surface area (Å²) in [7, 11) is 1.63. The molecule has 1 amide bonds. The highest BCUT2D eigenvalue weighted by Crippen LogP contribution is 2.30. The first-order chi connectivity index (χ1) is 10.1. The van der Waals surface area contributed by atoms with E-state index in [0.29, 0.717) is 11.3 Å². The maximum Gasteiger partial charge on any atom is 0.253 e. The Balaban J connectivity index is 2.53. The predicted octanol–water partition coefficient (Wildman–Crippen LogP) is 3.09. The Kier molecular flexibility index (Phi) is 4.48. The van der Waals surface area contributed by atoms with E-state index in [1.807, 2.05) is 6.07 Å². The van der Waals surface area contributed by atoms with Crippen LogP contribution in [0.4, 0.5) is 17.1 Å². The average Bonchev–Trinajstić information content (AvgIpc) is 2.49. The fourth-order valence-electron chi connectivity index (χ4n) is 2.32. The zero-order chi connectivity index (χ0) is 15.4. The lowest BCUT2D eigenvalue weighted by Crippen LogP contribution is -2.24. The van der Waals surface area contributed by atoms with E-state index in [0.717, 1.165) is 17.9 Å². The van der Waals surface area contributed by atoms with Gasteiger partial charge in [0.1, 0.15) is 0 Å². The van der Waals surface area contributed by atoms with Gasteiger partial charge in [-0.25, -0.2) is 0 Å². The van der Waals surface area contributed by atoms with Crippen molar-refractivity contribution >= 4 is 23.0 Å². The van der Waals surface area contributed by atoms with Crippen LogP contribution in [-0.4, -0.2) is 19.5 Å². The van der Waals surface area contributed by atoms with E-state index in [1.54, 1.807) is 19.2 Å². The number of nitrogens with zero attached hydrogens (tertiary/aromatic N) is 1. The first kappa shape index (κ1) is 14.9. The monoisotopic (exact) mass is 283 g/mol. The van der Waals surface area contributed by atoms with Crippen molar-refractivity contribution in [1.29, 1.82) is 0 Å². The van der Waals surface area contributed by atoms with E-state index in [9.17, 15) is 4.79 Å². The second-order valence-electron chi connectivity index (χ2n) is 4.94. The van der Waals surface area contributed by atoms with Gasteiger partial charge >= 0.3 is 0 Å². The van der Waals surface area contributed by atoms with Crippen LogP contribution in [0, 0.1) is 6.92 Å². The second kappa shape index (κ2) is 6.31. The molecule has 0 saturated heterocycles. The summed E-state index contributed by atoms with van der Waals surface area (Å²) < 4.78 is 0. The van der Waals surface area contributed by atoms with Crippen molar-refractivity contribution in [3.8, 4) is 0 Å². The average molecular weight is 283 g/mol. The number of hydrogen-bond donors (Lipinski definition) is 2. The fourth-order valence-corrected chi connectivity index (χ4v) is 2.32. The summed E-state index contributed by atoms with van der Waals surface area (Å²) in [4.78, 5) is 14.2. The molecule has 0 spiro atoms. The number of rotatable bonds is 4. The molecule has 0 aliphatic carbocycles. The van der Waals surface area contributed by atoms with Crippen molar-refractivity contribution in [3.63, 3.8) is 0 Å². The van der Waals surface area contributed by atoms with Gasteiger partial charge in [0.2, 0.25) is 0 Å². The lowest BCUT2D eigenvalue weighted by atomic mass is 10.1. The Morgan fingerprint density at radius 2 is 1.86 bits per heavy atom. The van der Waals surface area contributed by atoms with Crippen molar-refractivity contribution in [2.45, 2.75) is 13.8 Å². The smallest absolute Gasteiger partial charge is 0.253 e. The Morgan fingerprint density at radius 3 is 2.43 bits per heavy atom.